The van der Waals surface area contributed by atoms with Crippen LogP contribution in [-0.2, 0) is 14.9 Å². The quantitative estimate of drug-likeness (QED) is 0.793. The average molecular weight is 342 g/mol. The maximum absolute atomic E-state index is 12.6. The fourth-order valence-electron chi connectivity index (χ4n) is 2.61. The summed E-state index contributed by atoms with van der Waals surface area (Å²) in [6.07, 6.45) is 3.68. The summed E-state index contributed by atoms with van der Waals surface area (Å²) in [5, 5.41) is 1.03. The average Bonchev–Trinajstić information content (AvgIpc) is 3.04. The number of methoxy groups -OCH3 is 1. The third kappa shape index (κ3) is 4.01. The number of carbonyl (C=O) groups excluding carboxylic acids is 1. The van der Waals surface area contributed by atoms with Crippen LogP contribution < -0.4 is 9.46 Å². The van der Waals surface area contributed by atoms with Gasteiger partial charge in [0.2, 0.25) is 10.0 Å². The van der Waals surface area contributed by atoms with Gasteiger partial charge in [0.25, 0.3) is 5.91 Å². The molecule has 0 radical (unpaired) electrons. The number of hydroxylamine groups is 2. The van der Waals surface area contributed by atoms with Crippen molar-refractivity contribution in [2.45, 2.75) is 36.6 Å². The summed E-state index contributed by atoms with van der Waals surface area (Å²) in [5.41, 5.74) is 0.210. The molecule has 1 aliphatic carbocycles. The Hall–Kier alpha value is -1.64. The number of benzene rings is 1. The number of amides is 1. The highest BCUT2D eigenvalue weighted by atomic mass is 32.2. The predicted molar refractivity (Wildman–Crippen MR) is 84.7 cm³/mol. The Kier molecular flexibility index (Phi) is 5.61. The molecule has 1 N–H and O–H groups in total. The molecule has 23 heavy (non-hydrogen) atoms. The van der Waals surface area contributed by atoms with Crippen LogP contribution in [0, 0.1) is 0 Å². The fourth-order valence-corrected chi connectivity index (χ4v) is 4.11. The number of carbonyl (C=O) groups is 1. The van der Waals surface area contributed by atoms with E-state index in [2.05, 4.69) is 4.72 Å². The molecule has 128 valence electrons. The summed E-state index contributed by atoms with van der Waals surface area (Å²) in [6.45, 7) is 0. The number of hydrogen-bond acceptors (Lipinski definition) is 5. The van der Waals surface area contributed by atoms with E-state index in [-0.39, 0.29) is 22.3 Å². The summed E-state index contributed by atoms with van der Waals surface area (Å²) in [5.74, 6) is -0.236. The van der Waals surface area contributed by atoms with Crippen molar-refractivity contribution >= 4 is 15.9 Å². The van der Waals surface area contributed by atoms with Crippen LogP contribution in [0.5, 0.6) is 5.75 Å². The van der Waals surface area contributed by atoms with Gasteiger partial charge in [0.05, 0.1) is 14.2 Å². The third-order valence-electron chi connectivity index (χ3n) is 3.94. The molecule has 1 aromatic carbocycles. The van der Waals surface area contributed by atoms with Crippen LogP contribution in [0.4, 0.5) is 0 Å². The van der Waals surface area contributed by atoms with E-state index in [1.807, 2.05) is 0 Å². The van der Waals surface area contributed by atoms with E-state index in [0.29, 0.717) is 0 Å². The number of nitrogens with one attached hydrogen (secondary N) is 1. The zero-order valence-corrected chi connectivity index (χ0v) is 14.4. The standard InChI is InChI=1S/C15H22N2O5S/c1-17(22-3)15(18)11-8-9-13(21-2)14(10-11)23(19,20)16-12-6-4-5-7-12/h8-10,12,16H,4-7H2,1-3H3. The van der Waals surface area contributed by atoms with E-state index in [1.165, 1.54) is 39.5 Å². The van der Waals surface area contributed by atoms with Crippen LogP contribution in [-0.4, -0.2) is 46.7 Å². The van der Waals surface area contributed by atoms with Crippen molar-refractivity contribution in [1.29, 1.82) is 0 Å². The van der Waals surface area contributed by atoms with Crippen molar-refractivity contribution in [1.82, 2.24) is 9.79 Å². The molecule has 0 heterocycles. The summed E-state index contributed by atoms with van der Waals surface area (Å²) < 4.78 is 33.1. The first-order chi connectivity index (χ1) is 10.9. The van der Waals surface area contributed by atoms with E-state index >= 15 is 0 Å². The van der Waals surface area contributed by atoms with Gasteiger partial charge in [0.1, 0.15) is 10.6 Å². The van der Waals surface area contributed by atoms with Gasteiger partial charge in [0.15, 0.2) is 0 Å². The van der Waals surface area contributed by atoms with Crippen molar-refractivity contribution in [3.05, 3.63) is 23.8 Å². The summed E-state index contributed by atoms with van der Waals surface area (Å²) in [6, 6.07) is 4.23. The minimum atomic E-state index is -3.76. The number of rotatable bonds is 6. The Morgan fingerprint density at radius 1 is 1.26 bits per heavy atom. The Bertz CT molecular complexity index is 668. The number of hydrogen-bond donors (Lipinski definition) is 1. The van der Waals surface area contributed by atoms with Gasteiger partial charge in [-0.15, -0.1) is 0 Å². The van der Waals surface area contributed by atoms with Gasteiger partial charge in [-0.25, -0.2) is 18.2 Å². The van der Waals surface area contributed by atoms with E-state index < -0.39 is 15.9 Å². The topological polar surface area (TPSA) is 84.9 Å². The van der Waals surface area contributed by atoms with Gasteiger partial charge in [-0.3, -0.25) is 9.63 Å². The second kappa shape index (κ2) is 7.29. The SMILES string of the molecule is COc1ccc(C(=O)N(C)OC)cc1S(=O)(=O)NC1CCCC1. The highest BCUT2D eigenvalue weighted by Crippen LogP contribution is 2.27. The maximum atomic E-state index is 12.6. The van der Waals surface area contributed by atoms with E-state index in [4.69, 9.17) is 9.57 Å². The zero-order chi connectivity index (χ0) is 17.0. The Labute approximate surface area is 136 Å². The van der Waals surface area contributed by atoms with Crippen LogP contribution in [0.25, 0.3) is 0 Å². The summed E-state index contributed by atoms with van der Waals surface area (Å²) >= 11 is 0. The monoisotopic (exact) mass is 342 g/mol. The highest BCUT2D eigenvalue weighted by Gasteiger charge is 2.27. The molecule has 7 nitrogen and oxygen atoms in total. The van der Waals surface area contributed by atoms with Gasteiger partial charge in [-0.2, -0.15) is 0 Å². The second-order valence-electron chi connectivity index (χ2n) is 5.45. The van der Waals surface area contributed by atoms with Gasteiger partial charge < -0.3 is 4.74 Å². The highest BCUT2D eigenvalue weighted by molar-refractivity contribution is 7.89. The van der Waals surface area contributed by atoms with Gasteiger partial charge >= 0.3 is 0 Å². The van der Waals surface area contributed by atoms with E-state index in [0.717, 1.165) is 30.7 Å². The maximum Gasteiger partial charge on any atom is 0.277 e. The van der Waals surface area contributed by atoms with Crippen LogP contribution in [0.2, 0.25) is 0 Å². The molecule has 1 fully saturated rings. The number of ether oxygens (including phenoxy) is 1. The normalized spacial score (nSPS) is 15.6. The van der Waals surface area contributed by atoms with Crippen LogP contribution in [0.1, 0.15) is 36.0 Å². The van der Waals surface area contributed by atoms with Crippen molar-refractivity contribution in [3.63, 3.8) is 0 Å². The lowest BCUT2D eigenvalue weighted by Gasteiger charge is -2.17. The molecule has 0 atom stereocenters. The molecule has 8 heteroatoms. The molecule has 0 bridgehead atoms. The molecule has 0 unspecified atom stereocenters. The second-order valence-corrected chi connectivity index (χ2v) is 7.14. The summed E-state index contributed by atoms with van der Waals surface area (Å²) in [4.78, 5) is 16.9. The van der Waals surface area contributed by atoms with E-state index in [9.17, 15) is 13.2 Å². The predicted octanol–water partition coefficient (Wildman–Crippen LogP) is 1.55. The van der Waals surface area contributed by atoms with Crippen molar-refractivity contribution in [3.8, 4) is 5.75 Å². The molecule has 1 amide bonds. The molecule has 2 rings (SSSR count). The van der Waals surface area contributed by atoms with Crippen LogP contribution in [0.15, 0.2) is 23.1 Å². The molecular formula is C15H22N2O5S. The molecular weight excluding hydrogens is 320 g/mol. The van der Waals surface area contributed by atoms with Crippen LogP contribution in [0.3, 0.4) is 0 Å². The molecule has 0 spiro atoms. The zero-order valence-electron chi connectivity index (χ0n) is 13.5. The van der Waals surface area contributed by atoms with Gasteiger partial charge in [0, 0.05) is 18.7 Å². The largest absolute Gasteiger partial charge is 0.495 e. The first-order valence-electron chi connectivity index (χ1n) is 7.41. The van der Waals surface area contributed by atoms with Crippen molar-refractivity contribution in [2.24, 2.45) is 0 Å². The van der Waals surface area contributed by atoms with Gasteiger partial charge in [-0.05, 0) is 31.0 Å². The Balaban J connectivity index is 2.36. The lowest BCUT2D eigenvalue weighted by molar-refractivity contribution is -0.0757. The Morgan fingerprint density at radius 3 is 2.48 bits per heavy atom. The molecule has 0 aromatic heterocycles. The van der Waals surface area contributed by atoms with Crippen LogP contribution >= 0.6 is 0 Å². The first kappa shape index (κ1) is 17.7. The third-order valence-corrected chi connectivity index (χ3v) is 5.48. The molecule has 0 saturated heterocycles. The van der Waals surface area contributed by atoms with Crippen molar-refractivity contribution < 1.29 is 22.8 Å². The van der Waals surface area contributed by atoms with E-state index in [1.54, 1.807) is 0 Å². The molecule has 0 aliphatic heterocycles. The minimum absolute atomic E-state index is 0.0396. The fraction of sp³-hybridized carbons (Fsp3) is 0.533. The Morgan fingerprint density at radius 2 is 1.91 bits per heavy atom. The molecule has 1 aromatic rings. The number of nitrogens with zero attached hydrogens (tertiary/aromatic N) is 1. The molecule has 1 saturated carbocycles. The smallest absolute Gasteiger partial charge is 0.277 e. The van der Waals surface area contributed by atoms with Crippen molar-refractivity contribution in [2.75, 3.05) is 21.3 Å². The minimum Gasteiger partial charge on any atom is -0.495 e. The molecule has 1 aliphatic rings. The summed E-state index contributed by atoms with van der Waals surface area (Å²) in [7, 11) is 0.452. The lowest BCUT2D eigenvalue weighted by Crippen LogP contribution is -2.33. The van der Waals surface area contributed by atoms with Gasteiger partial charge in [-0.1, -0.05) is 12.8 Å². The lowest BCUT2D eigenvalue weighted by atomic mass is 10.2. The first-order valence-corrected chi connectivity index (χ1v) is 8.90. The number of sulfonamides is 1.